The number of ether oxygens (including phenoxy) is 1. The molecule has 0 aliphatic carbocycles. The molecule has 0 fully saturated rings. The van der Waals surface area contributed by atoms with Gasteiger partial charge in [-0.15, -0.1) is 0 Å². The number of rotatable bonds is 3. The van der Waals surface area contributed by atoms with Gasteiger partial charge in [-0.05, 0) is 45.0 Å². The molecule has 0 spiro atoms. The second-order valence-corrected chi connectivity index (χ2v) is 4.89. The number of allylic oxidation sites excluding steroid dienone is 1. The molecule has 0 radical (unpaired) electrons. The summed E-state index contributed by atoms with van der Waals surface area (Å²) in [6, 6.07) is 3.76. The Labute approximate surface area is 111 Å². The van der Waals surface area contributed by atoms with E-state index in [1.54, 1.807) is 20.8 Å². The van der Waals surface area contributed by atoms with Gasteiger partial charge in [0.15, 0.2) is 5.78 Å². The largest absolute Gasteiger partial charge is 0.444 e. The number of benzene rings is 1. The van der Waals surface area contributed by atoms with E-state index < -0.39 is 23.3 Å². The lowest BCUT2D eigenvalue weighted by Crippen LogP contribution is -2.27. The maximum absolute atomic E-state index is 13.6. The van der Waals surface area contributed by atoms with Crippen LogP contribution in [0.5, 0.6) is 0 Å². The van der Waals surface area contributed by atoms with Gasteiger partial charge in [-0.25, -0.2) is 9.18 Å². The highest BCUT2D eigenvalue weighted by molar-refractivity contribution is 6.04. The lowest BCUT2D eigenvalue weighted by Gasteiger charge is -2.19. The van der Waals surface area contributed by atoms with Crippen LogP contribution < -0.4 is 5.32 Å². The molecule has 19 heavy (non-hydrogen) atoms. The van der Waals surface area contributed by atoms with E-state index in [2.05, 4.69) is 11.9 Å². The third-order valence-corrected chi connectivity index (χ3v) is 2.07. The van der Waals surface area contributed by atoms with Crippen molar-refractivity contribution in [2.75, 3.05) is 5.32 Å². The van der Waals surface area contributed by atoms with E-state index in [9.17, 15) is 14.0 Å². The molecule has 0 aliphatic rings. The van der Waals surface area contributed by atoms with E-state index in [-0.39, 0.29) is 11.3 Å². The molecule has 0 unspecified atom stereocenters. The van der Waals surface area contributed by atoms with Gasteiger partial charge >= 0.3 is 6.09 Å². The first-order valence-electron chi connectivity index (χ1n) is 5.69. The molecule has 1 N–H and O–H groups in total. The standard InChI is InChI=1S/C14H16FNO3/c1-5-12(17)10-7-6-9(8-11(10)15)16-13(18)19-14(2,3)4/h5-8H,1H2,2-4H3,(H,16,18). The summed E-state index contributed by atoms with van der Waals surface area (Å²) in [5.41, 5.74) is -0.515. The Morgan fingerprint density at radius 3 is 2.47 bits per heavy atom. The van der Waals surface area contributed by atoms with Gasteiger partial charge in [0.2, 0.25) is 0 Å². The molecule has 0 saturated carbocycles. The van der Waals surface area contributed by atoms with Crippen LogP contribution in [0.4, 0.5) is 14.9 Å². The first-order valence-corrected chi connectivity index (χ1v) is 5.69. The van der Waals surface area contributed by atoms with Crippen LogP contribution in [0.1, 0.15) is 31.1 Å². The molecule has 1 amide bonds. The zero-order valence-corrected chi connectivity index (χ0v) is 11.1. The van der Waals surface area contributed by atoms with Crippen molar-refractivity contribution in [1.29, 1.82) is 0 Å². The predicted octanol–water partition coefficient (Wildman–Crippen LogP) is 3.54. The van der Waals surface area contributed by atoms with Crippen molar-refractivity contribution in [3.63, 3.8) is 0 Å². The smallest absolute Gasteiger partial charge is 0.412 e. The van der Waals surface area contributed by atoms with Crippen molar-refractivity contribution in [2.24, 2.45) is 0 Å². The lowest BCUT2D eigenvalue weighted by molar-refractivity contribution is 0.0636. The Bertz CT molecular complexity index is 518. The normalized spacial score (nSPS) is 10.7. The quantitative estimate of drug-likeness (QED) is 0.671. The Hall–Kier alpha value is -2.17. The van der Waals surface area contributed by atoms with Gasteiger partial charge in [-0.3, -0.25) is 10.1 Å². The van der Waals surface area contributed by atoms with Crippen LogP contribution in [0.3, 0.4) is 0 Å². The van der Waals surface area contributed by atoms with E-state index in [0.29, 0.717) is 0 Å². The average molecular weight is 265 g/mol. The second-order valence-electron chi connectivity index (χ2n) is 4.89. The molecule has 0 saturated heterocycles. The van der Waals surface area contributed by atoms with Crippen molar-refractivity contribution in [3.8, 4) is 0 Å². The Balaban J connectivity index is 2.82. The molecule has 0 heterocycles. The van der Waals surface area contributed by atoms with Crippen LogP contribution in [0.2, 0.25) is 0 Å². The molecule has 0 aromatic heterocycles. The minimum absolute atomic E-state index is 0.0928. The van der Waals surface area contributed by atoms with Crippen molar-refractivity contribution in [2.45, 2.75) is 26.4 Å². The highest BCUT2D eigenvalue weighted by atomic mass is 19.1. The van der Waals surface area contributed by atoms with Crippen molar-refractivity contribution < 1.29 is 18.7 Å². The summed E-state index contributed by atoms with van der Waals surface area (Å²) >= 11 is 0. The number of carbonyl (C=O) groups excluding carboxylic acids is 2. The van der Waals surface area contributed by atoms with Crippen LogP contribution in [0.15, 0.2) is 30.9 Å². The summed E-state index contributed by atoms with van der Waals surface area (Å²) < 4.78 is 18.6. The summed E-state index contributed by atoms with van der Waals surface area (Å²) in [5.74, 6) is -1.24. The first-order chi connectivity index (χ1) is 8.73. The summed E-state index contributed by atoms with van der Waals surface area (Å²) in [6.07, 6.45) is 0.342. The zero-order valence-electron chi connectivity index (χ0n) is 11.1. The monoisotopic (exact) mass is 265 g/mol. The number of ketones is 1. The Morgan fingerprint density at radius 2 is 2.00 bits per heavy atom. The highest BCUT2D eigenvalue weighted by Crippen LogP contribution is 2.17. The number of carbonyl (C=O) groups is 2. The fourth-order valence-electron chi connectivity index (χ4n) is 1.32. The minimum atomic E-state index is -0.724. The third kappa shape index (κ3) is 4.54. The molecule has 5 heteroatoms. The van der Waals surface area contributed by atoms with Crippen molar-refractivity contribution in [3.05, 3.63) is 42.2 Å². The number of hydrogen-bond donors (Lipinski definition) is 1. The number of nitrogens with one attached hydrogen (secondary N) is 1. The number of amides is 1. The molecule has 1 aromatic rings. The molecule has 0 atom stereocenters. The van der Waals surface area contributed by atoms with Gasteiger partial charge in [0.05, 0.1) is 5.56 Å². The van der Waals surface area contributed by atoms with Crippen LogP contribution in [-0.2, 0) is 4.74 Å². The molecular formula is C14H16FNO3. The van der Waals surface area contributed by atoms with Gasteiger partial charge in [0, 0.05) is 5.69 Å². The molecule has 4 nitrogen and oxygen atoms in total. The van der Waals surface area contributed by atoms with E-state index >= 15 is 0 Å². The summed E-state index contributed by atoms with van der Waals surface area (Å²) in [7, 11) is 0. The van der Waals surface area contributed by atoms with Crippen molar-refractivity contribution >= 4 is 17.6 Å². The number of hydrogen-bond acceptors (Lipinski definition) is 3. The predicted molar refractivity (Wildman–Crippen MR) is 70.8 cm³/mol. The minimum Gasteiger partial charge on any atom is -0.444 e. The highest BCUT2D eigenvalue weighted by Gasteiger charge is 2.17. The average Bonchev–Trinajstić information content (AvgIpc) is 2.25. The topological polar surface area (TPSA) is 55.4 Å². The number of halogens is 1. The van der Waals surface area contributed by atoms with E-state index in [1.807, 2.05) is 0 Å². The fourth-order valence-corrected chi connectivity index (χ4v) is 1.32. The zero-order chi connectivity index (χ0) is 14.6. The lowest BCUT2D eigenvalue weighted by atomic mass is 10.1. The maximum Gasteiger partial charge on any atom is 0.412 e. The maximum atomic E-state index is 13.6. The molecule has 0 aliphatic heterocycles. The number of anilines is 1. The summed E-state index contributed by atoms with van der Waals surface area (Å²) in [6.45, 7) is 8.45. The van der Waals surface area contributed by atoms with Gasteiger partial charge in [0.25, 0.3) is 0 Å². The first kappa shape index (κ1) is 14.9. The SMILES string of the molecule is C=CC(=O)c1ccc(NC(=O)OC(C)(C)C)cc1F. The second kappa shape index (κ2) is 5.65. The van der Waals surface area contributed by atoms with Crippen LogP contribution in [-0.4, -0.2) is 17.5 Å². The van der Waals surface area contributed by atoms with Crippen LogP contribution >= 0.6 is 0 Å². The van der Waals surface area contributed by atoms with Crippen molar-refractivity contribution in [1.82, 2.24) is 0 Å². The third-order valence-electron chi connectivity index (χ3n) is 2.07. The van der Waals surface area contributed by atoms with Gasteiger partial charge < -0.3 is 4.74 Å². The Morgan fingerprint density at radius 1 is 1.37 bits per heavy atom. The van der Waals surface area contributed by atoms with Crippen LogP contribution in [0.25, 0.3) is 0 Å². The van der Waals surface area contributed by atoms with E-state index in [1.165, 1.54) is 12.1 Å². The van der Waals surface area contributed by atoms with Gasteiger partial charge in [0.1, 0.15) is 11.4 Å². The van der Waals surface area contributed by atoms with E-state index in [0.717, 1.165) is 12.1 Å². The van der Waals surface area contributed by atoms with E-state index in [4.69, 9.17) is 4.74 Å². The molecule has 1 rings (SSSR count). The molecular weight excluding hydrogens is 249 g/mol. The van der Waals surface area contributed by atoms with Gasteiger partial charge in [-0.1, -0.05) is 6.58 Å². The molecule has 1 aromatic carbocycles. The summed E-state index contributed by atoms with van der Waals surface area (Å²) in [5, 5.41) is 2.39. The fraction of sp³-hybridized carbons (Fsp3) is 0.286. The molecule has 102 valence electrons. The van der Waals surface area contributed by atoms with Crippen LogP contribution in [0, 0.1) is 5.82 Å². The van der Waals surface area contributed by atoms with Gasteiger partial charge in [-0.2, -0.15) is 0 Å². The summed E-state index contributed by atoms with van der Waals surface area (Å²) in [4.78, 5) is 22.8. The molecule has 0 bridgehead atoms. The Kier molecular flexibility index (Phi) is 4.43.